The third-order valence-corrected chi connectivity index (χ3v) is 6.94. The highest BCUT2D eigenvalue weighted by Gasteiger charge is 2.21. The number of aryl methyl sites for hydroxylation is 2. The number of non-ortho nitro benzene ring substituents is 1. The summed E-state index contributed by atoms with van der Waals surface area (Å²) in [7, 11) is 0. The molecule has 0 bridgehead atoms. The summed E-state index contributed by atoms with van der Waals surface area (Å²) in [6.07, 6.45) is 4.19. The molecule has 0 radical (unpaired) electrons. The van der Waals surface area contributed by atoms with Gasteiger partial charge < -0.3 is 9.40 Å². The lowest BCUT2D eigenvalue weighted by molar-refractivity contribution is -0.384. The van der Waals surface area contributed by atoms with Crippen molar-refractivity contribution < 1.29 is 9.34 Å². The molecule has 146 valence electrons. The molecule has 4 aromatic rings. The van der Waals surface area contributed by atoms with E-state index in [9.17, 15) is 14.9 Å². The molecule has 0 atom stereocenters. The molecule has 9 heteroatoms. The van der Waals surface area contributed by atoms with Crippen LogP contribution in [0.3, 0.4) is 0 Å². The Balaban J connectivity index is 1.56. The van der Waals surface area contributed by atoms with Crippen LogP contribution in [0.15, 0.2) is 44.0 Å². The van der Waals surface area contributed by atoms with E-state index in [0.29, 0.717) is 32.8 Å². The minimum Gasteiger partial charge on any atom is -0.453 e. The smallest absolute Gasteiger partial charge is 0.270 e. The third kappa shape index (κ3) is 3.10. The van der Waals surface area contributed by atoms with Gasteiger partial charge in [0.05, 0.1) is 10.3 Å². The summed E-state index contributed by atoms with van der Waals surface area (Å²) in [5, 5.41) is 11.6. The number of nitrogens with one attached hydrogen (secondary N) is 1. The standard InChI is InChI=1S/C20H14BrN3O4S/c21-13-9-10(24(26)27)5-6-11(13)14-7-8-15(28-14)18-22-19(25)17-12-3-1-2-4-16(12)29-20(17)23-18/h5-9H,1-4H2,(H,22,23,25). The van der Waals surface area contributed by atoms with Crippen LogP contribution in [-0.4, -0.2) is 14.9 Å². The Morgan fingerprint density at radius 1 is 1.17 bits per heavy atom. The van der Waals surface area contributed by atoms with E-state index in [1.54, 1.807) is 29.5 Å². The Kier molecular flexibility index (Phi) is 4.36. The number of fused-ring (bicyclic) bond motifs is 3. The van der Waals surface area contributed by atoms with E-state index in [1.807, 2.05) is 0 Å². The second-order valence-electron chi connectivity index (χ2n) is 6.89. The van der Waals surface area contributed by atoms with E-state index in [1.165, 1.54) is 17.0 Å². The molecule has 0 spiro atoms. The Hall–Kier alpha value is -2.78. The van der Waals surface area contributed by atoms with Gasteiger partial charge in [0.2, 0.25) is 0 Å². The lowest BCUT2D eigenvalue weighted by Crippen LogP contribution is -2.11. The maximum Gasteiger partial charge on any atom is 0.270 e. The number of benzene rings is 1. The van der Waals surface area contributed by atoms with Crippen LogP contribution in [0.1, 0.15) is 23.3 Å². The number of hydrogen-bond donors (Lipinski definition) is 1. The van der Waals surface area contributed by atoms with Crippen LogP contribution in [0.2, 0.25) is 0 Å². The molecule has 0 amide bonds. The van der Waals surface area contributed by atoms with Crippen LogP contribution in [0.4, 0.5) is 5.69 Å². The van der Waals surface area contributed by atoms with Gasteiger partial charge >= 0.3 is 0 Å². The number of aromatic amines is 1. The number of aromatic nitrogens is 2. The van der Waals surface area contributed by atoms with Gasteiger partial charge in [-0.1, -0.05) is 0 Å². The van der Waals surface area contributed by atoms with E-state index in [2.05, 4.69) is 25.9 Å². The summed E-state index contributed by atoms with van der Waals surface area (Å²) < 4.78 is 6.47. The van der Waals surface area contributed by atoms with E-state index >= 15 is 0 Å². The summed E-state index contributed by atoms with van der Waals surface area (Å²) in [5.41, 5.74) is 1.67. The summed E-state index contributed by atoms with van der Waals surface area (Å²) in [5.74, 6) is 1.34. The number of rotatable bonds is 3. The number of hydrogen-bond acceptors (Lipinski definition) is 6. The Bertz CT molecular complexity index is 1340. The molecule has 3 aromatic heterocycles. The van der Waals surface area contributed by atoms with Gasteiger partial charge in [0, 0.05) is 27.0 Å². The van der Waals surface area contributed by atoms with Gasteiger partial charge in [-0.2, -0.15) is 0 Å². The van der Waals surface area contributed by atoms with E-state index in [0.717, 1.165) is 36.1 Å². The van der Waals surface area contributed by atoms with Crippen molar-refractivity contribution in [2.45, 2.75) is 25.7 Å². The van der Waals surface area contributed by atoms with Crippen molar-refractivity contribution in [2.75, 3.05) is 0 Å². The average molecular weight is 472 g/mol. The number of nitro groups is 1. The fraction of sp³-hybridized carbons (Fsp3) is 0.200. The molecule has 0 fully saturated rings. The number of halogens is 1. The first-order valence-electron chi connectivity index (χ1n) is 9.10. The fourth-order valence-corrected chi connectivity index (χ4v) is 5.53. The van der Waals surface area contributed by atoms with Gasteiger partial charge in [0.1, 0.15) is 10.6 Å². The highest BCUT2D eigenvalue weighted by Crippen LogP contribution is 2.36. The molecule has 1 aromatic carbocycles. The average Bonchev–Trinajstić information content (AvgIpc) is 3.32. The number of furan rings is 1. The highest BCUT2D eigenvalue weighted by molar-refractivity contribution is 9.10. The number of nitro benzene ring substituents is 1. The molecule has 5 rings (SSSR count). The minimum atomic E-state index is -0.452. The van der Waals surface area contributed by atoms with Crippen molar-refractivity contribution in [3.8, 4) is 22.9 Å². The molecule has 0 unspecified atom stereocenters. The van der Waals surface area contributed by atoms with Gasteiger partial charge in [-0.15, -0.1) is 11.3 Å². The Morgan fingerprint density at radius 3 is 2.76 bits per heavy atom. The number of thiophene rings is 1. The zero-order chi connectivity index (χ0) is 20.1. The molecule has 29 heavy (non-hydrogen) atoms. The van der Waals surface area contributed by atoms with Gasteiger partial charge in [0.15, 0.2) is 11.6 Å². The van der Waals surface area contributed by atoms with Gasteiger partial charge in [-0.3, -0.25) is 14.9 Å². The predicted molar refractivity (Wildman–Crippen MR) is 114 cm³/mol. The zero-order valence-corrected chi connectivity index (χ0v) is 17.4. The maximum absolute atomic E-state index is 12.7. The molecular weight excluding hydrogens is 458 g/mol. The van der Waals surface area contributed by atoms with Gasteiger partial charge in [-0.25, -0.2) is 4.98 Å². The van der Waals surface area contributed by atoms with Crippen molar-refractivity contribution in [3.05, 3.63) is 65.7 Å². The predicted octanol–water partition coefficient (Wildman–Crippen LogP) is 5.46. The van der Waals surface area contributed by atoms with Crippen molar-refractivity contribution in [1.29, 1.82) is 0 Å². The molecule has 0 saturated carbocycles. The topological polar surface area (TPSA) is 102 Å². The summed E-state index contributed by atoms with van der Waals surface area (Å²) in [4.78, 5) is 32.7. The minimum absolute atomic E-state index is 0.00878. The number of nitrogens with zero attached hydrogens (tertiary/aromatic N) is 2. The van der Waals surface area contributed by atoms with Crippen LogP contribution >= 0.6 is 27.3 Å². The van der Waals surface area contributed by atoms with Gasteiger partial charge in [0.25, 0.3) is 11.2 Å². The second-order valence-corrected chi connectivity index (χ2v) is 8.83. The number of H-pyrrole nitrogens is 1. The van der Waals surface area contributed by atoms with Crippen LogP contribution < -0.4 is 5.56 Å². The van der Waals surface area contributed by atoms with Crippen molar-refractivity contribution in [1.82, 2.24) is 9.97 Å². The molecule has 1 aliphatic rings. The molecule has 1 N–H and O–H groups in total. The quantitative estimate of drug-likeness (QED) is 0.315. The monoisotopic (exact) mass is 471 g/mol. The molecule has 0 aliphatic heterocycles. The Labute approximate surface area is 176 Å². The molecule has 1 aliphatic carbocycles. The first-order chi connectivity index (χ1) is 14.0. The third-order valence-electron chi connectivity index (χ3n) is 5.09. The summed E-state index contributed by atoms with van der Waals surface area (Å²) in [6.45, 7) is 0. The van der Waals surface area contributed by atoms with Crippen molar-refractivity contribution in [3.63, 3.8) is 0 Å². The SMILES string of the molecule is O=c1[nH]c(-c2ccc(-c3ccc([N+](=O)[O-])cc3Br)o2)nc2sc3c(c12)CCCC3. The molecule has 7 nitrogen and oxygen atoms in total. The highest BCUT2D eigenvalue weighted by atomic mass is 79.9. The van der Waals surface area contributed by atoms with Crippen LogP contribution in [0.25, 0.3) is 33.1 Å². The van der Waals surface area contributed by atoms with Gasteiger partial charge in [-0.05, 0) is 65.4 Å². The van der Waals surface area contributed by atoms with Crippen molar-refractivity contribution in [2.24, 2.45) is 0 Å². The molecule has 3 heterocycles. The van der Waals surface area contributed by atoms with E-state index in [-0.39, 0.29) is 11.2 Å². The Morgan fingerprint density at radius 2 is 1.97 bits per heavy atom. The fourth-order valence-electron chi connectivity index (χ4n) is 3.71. The van der Waals surface area contributed by atoms with Crippen LogP contribution in [0, 0.1) is 10.1 Å². The summed E-state index contributed by atoms with van der Waals surface area (Å²) in [6, 6.07) is 7.97. The lowest BCUT2D eigenvalue weighted by Gasteiger charge is -2.09. The summed E-state index contributed by atoms with van der Waals surface area (Å²) >= 11 is 4.95. The largest absolute Gasteiger partial charge is 0.453 e. The molecular formula is C20H14BrN3O4S. The lowest BCUT2D eigenvalue weighted by atomic mass is 9.97. The maximum atomic E-state index is 12.7. The second kappa shape index (κ2) is 6.93. The van der Waals surface area contributed by atoms with E-state index < -0.39 is 4.92 Å². The van der Waals surface area contributed by atoms with Crippen LogP contribution in [-0.2, 0) is 12.8 Å². The first kappa shape index (κ1) is 18.3. The van der Waals surface area contributed by atoms with E-state index in [4.69, 9.17) is 4.42 Å². The van der Waals surface area contributed by atoms with Crippen molar-refractivity contribution >= 4 is 43.2 Å². The normalized spacial score (nSPS) is 13.6. The van der Waals surface area contributed by atoms with Crippen LogP contribution in [0.5, 0.6) is 0 Å². The zero-order valence-electron chi connectivity index (χ0n) is 15.0. The first-order valence-corrected chi connectivity index (χ1v) is 10.7. The molecule has 0 saturated heterocycles.